The molecule has 5 rings (SSSR count). The van der Waals surface area contributed by atoms with Crippen molar-refractivity contribution in [3.63, 3.8) is 0 Å². The van der Waals surface area contributed by atoms with Gasteiger partial charge in [0, 0.05) is 49.8 Å². The lowest BCUT2D eigenvalue weighted by molar-refractivity contribution is 0.0597. The van der Waals surface area contributed by atoms with Gasteiger partial charge in [-0.3, -0.25) is 9.69 Å². The summed E-state index contributed by atoms with van der Waals surface area (Å²) in [4.78, 5) is 17.6. The molecule has 1 aliphatic heterocycles. The molecule has 0 N–H and O–H groups in total. The molecule has 0 unspecified atom stereocenters. The molecule has 0 atom stereocenters. The predicted molar refractivity (Wildman–Crippen MR) is 128 cm³/mol. The van der Waals surface area contributed by atoms with Gasteiger partial charge in [0.25, 0.3) is 5.91 Å². The highest BCUT2D eigenvalue weighted by Gasteiger charge is 2.28. The average molecular weight is 422 g/mol. The van der Waals surface area contributed by atoms with E-state index in [1.165, 1.54) is 11.1 Å². The van der Waals surface area contributed by atoms with Crippen molar-refractivity contribution in [2.75, 3.05) is 26.2 Å². The van der Waals surface area contributed by atoms with Crippen molar-refractivity contribution in [1.82, 2.24) is 14.4 Å². The largest absolute Gasteiger partial charge is 0.336 e. The lowest BCUT2D eigenvalue weighted by atomic mass is 9.96. The Morgan fingerprint density at radius 1 is 0.625 bits per heavy atom. The Balaban J connectivity index is 1.29. The van der Waals surface area contributed by atoms with Crippen LogP contribution in [0.25, 0.3) is 5.69 Å². The number of benzene rings is 3. The highest BCUT2D eigenvalue weighted by molar-refractivity contribution is 5.94. The second kappa shape index (κ2) is 9.25. The molecule has 1 fully saturated rings. The van der Waals surface area contributed by atoms with Gasteiger partial charge in [0.1, 0.15) is 0 Å². The summed E-state index contributed by atoms with van der Waals surface area (Å²) in [5.74, 6) is 0.111. The van der Waals surface area contributed by atoms with Crippen LogP contribution in [0.3, 0.4) is 0 Å². The standard InChI is InChI=1S/C28H27N3O/c32-28(25-13-15-26(16-14-25)29-17-7-8-18-29)31-21-19-30(20-22-31)27(23-9-3-1-4-10-23)24-11-5-2-6-12-24/h1-18,27H,19-22H2. The molecule has 160 valence electrons. The van der Waals surface area contributed by atoms with E-state index < -0.39 is 0 Å². The molecule has 1 saturated heterocycles. The predicted octanol–water partition coefficient (Wildman–Crippen LogP) is 5.02. The van der Waals surface area contributed by atoms with Crippen LogP contribution in [-0.4, -0.2) is 46.5 Å². The van der Waals surface area contributed by atoms with Gasteiger partial charge >= 0.3 is 0 Å². The summed E-state index contributed by atoms with van der Waals surface area (Å²) in [5.41, 5.74) is 4.39. The summed E-state index contributed by atoms with van der Waals surface area (Å²) in [6.07, 6.45) is 4.01. The highest BCUT2D eigenvalue weighted by Crippen LogP contribution is 2.29. The first-order valence-corrected chi connectivity index (χ1v) is 11.2. The highest BCUT2D eigenvalue weighted by atomic mass is 16.2. The second-order valence-electron chi connectivity index (χ2n) is 8.19. The molecule has 32 heavy (non-hydrogen) atoms. The number of amides is 1. The third kappa shape index (κ3) is 4.23. The first kappa shape index (κ1) is 20.3. The maximum Gasteiger partial charge on any atom is 0.253 e. The number of nitrogens with zero attached hydrogens (tertiary/aromatic N) is 3. The van der Waals surface area contributed by atoms with E-state index >= 15 is 0 Å². The van der Waals surface area contributed by atoms with E-state index in [4.69, 9.17) is 0 Å². The van der Waals surface area contributed by atoms with Crippen LogP contribution in [0.15, 0.2) is 109 Å². The molecule has 0 saturated carbocycles. The van der Waals surface area contributed by atoms with Crippen molar-refractivity contribution in [3.05, 3.63) is 126 Å². The van der Waals surface area contributed by atoms with Gasteiger partial charge in [-0.15, -0.1) is 0 Å². The van der Waals surface area contributed by atoms with Gasteiger partial charge in [-0.1, -0.05) is 60.7 Å². The van der Waals surface area contributed by atoms with Crippen LogP contribution in [0.5, 0.6) is 0 Å². The molecule has 1 aromatic heterocycles. The van der Waals surface area contributed by atoms with Crippen LogP contribution in [0, 0.1) is 0 Å². The monoisotopic (exact) mass is 421 g/mol. The molecular weight excluding hydrogens is 394 g/mol. The molecule has 1 aliphatic rings. The average Bonchev–Trinajstić information content (AvgIpc) is 3.41. The summed E-state index contributed by atoms with van der Waals surface area (Å²) in [6.45, 7) is 3.16. The molecule has 3 aromatic carbocycles. The molecule has 0 aliphatic carbocycles. The van der Waals surface area contributed by atoms with Crippen LogP contribution >= 0.6 is 0 Å². The first-order chi connectivity index (χ1) is 15.8. The minimum atomic E-state index is 0.111. The lowest BCUT2D eigenvalue weighted by Crippen LogP contribution is -2.49. The molecule has 4 aromatic rings. The fourth-order valence-corrected chi connectivity index (χ4v) is 4.53. The van der Waals surface area contributed by atoms with E-state index in [1.54, 1.807) is 0 Å². The fraction of sp³-hybridized carbons (Fsp3) is 0.179. The minimum absolute atomic E-state index is 0.111. The van der Waals surface area contributed by atoms with Crippen LogP contribution in [0.1, 0.15) is 27.5 Å². The van der Waals surface area contributed by atoms with Crippen molar-refractivity contribution < 1.29 is 4.79 Å². The van der Waals surface area contributed by atoms with Gasteiger partial charge in [0.05, 0.1) is 6.04 Å². The summed E-state index contributed by atoms with van der Waals surface area (Å²) in [5, 5.41) is 0. The summed E-state index contributed by atoms with van der Waals surface area (Å²) < 4.78 is 2.04. The number of hydrogen-bond donors (Lipinski definition) is 0. The van der Waals surface area contributed by atoms with Gasteiger partial charge < -0.3 is 9.47 Å². The van der Waals surface area contributed by atoms with Gasteiger partial charge in [-0.25, -0.2) is 0 Å². The Morgan fingerprint density at radius 2 is 1.16 bits per heavy atom. The molecular formula is C28H27N3O. The maximum atomic E-state index is 13.1. The second-order valence-corrected chi connectivity index (χ2v) is 8.19. The van der Waals surface area contributed by atoms with Crippen molar-refractivity contribution in [1.29, 1.82) is 0 Å². The number of piperazine rings is 1. The summed E-state index contributed by atoms with van der Waals surface area (Å²) >= 11 is 0. The van der Waals surface area contributed by atoms with E-state index in [0.29, 0.717) is 0 Å². The van der Waals surface area contributed by atoms with E-state index in [0.717, 1.165) is 37.4 Å². The Bertz CT molecular complexity index is 1090. The topological polar surface area (TPSA) is 28.5 Å². The Kier molecular flexibility index (Phi) is 5.86. The SMILES string of the molecule is O=C(c1ccc(-n2cccc2)cc1)N1CCN(C(c2ccccc2)c2ccccc2)CC1. The number of aromatic nitrogens is 1. The van der Waals surface area contributed by atoms with Crippen molar-refractivity contribution >= 4 is 5.91 Å². The molecule has 1 amide bonds. The van der Waals surface area contributed by atoms with E-state index in [1.807, 2.05) is 58.3 Å². The smallest absolute Gasteiger partial charge is 0.253 e. The van der Waals surface area contributed by atoms with E-state index in [9.17, 15) is 4.79 Å². The zero-order chi connectivity index (χ0) is 21.8. The van der Waals surface area contributed by atoms with Gasteiger partial charge in [-0.05, 0) is 47.5 Å². The Morgan fingerprint density at radius 3 is 1.69 bits per heavy atom. The van der Waals surface area contributed by atoms with Crippen molar-refractivity contribution in [2.24, 2.45) is 0 Å². The van der Waals surface area contributed by atoms with Gasteiger partial charge in [0.2, 0.25) is 0 Å². The van der Waals surface area contributed by atoms with E-state index in [2.05, 4.69) is 65.6 Å². The van der Waals surface area contributed by atoms with Crippen LogP contribution in [-0.2, 0) is 0 Å². The Labute approximate surface area is 189 Å². The number of rotatable bonds is 5. The molecule has 4 heteroatoms. The van der Waals surface area contributed by atoms with Gasteiger partial charge in [0.15, 0.2) is 0 Å². The third-order valence-corrected chi connectivity index (χ3v) is 6.21. The molecule has 0 spiro atoms. The van der Waals surface area contributed by atoms with Crippen molar-refractivity contribution in [3.8, 4) is 5.69 Å². The first-order valence-electron chi connectivity index (χ1n) is 11.2. The number of carbonyl (C=O) groups excluding carboxylic acids is 1. The molecule has 4 nitrogen and oxygen atoms in total. The maximum absolute atomic E-state index is 13.1. The minimum Gasteiger partial charge on any atom is -0.336 e. The zero-order valence-electron chi connectivity index (χ0n) is 18.0. The van der Waals surface area contributed by atoms with E-state index in [-0.39, 0.29) is 11.9 Å². The Hall–Kier alpha value is -3.63. The fourth-order valence-electron chi connectivity index (χ4n) is 4.53. The molecule has 0 radical (unpaired) electrons. The number of hydrogen-bond acceptors (Lipinski definition) is 2. The zero-order valence-corrected chi connectivity index (χ0v) is 18.0. The summed E-state index contributed by atoms with van der Waals surface area (Å²) in [6, 6.07) is 33.4. The van der Waals surface area contributed by atoms with Crippen molar-refractivity contribution in [2.45, 2.75) is 6.04 Å². The van der Waals surface area contributed by atoms with Crippen LogP contribution in [0.2, 0.25) is 0 Å². The normalized spacial score (nSPS) is 14.6. The summed E-state index contributed by atoms with van der Waals surface area (Å²) in [7, 11) is 0. The quantitative estimate of drug-likeness (QED) is 0.452. The molecule has 2 heterocycles. The molecule has 0 bridgehead atoms. The van der Waals surface area contributed by atoms with Crippen LogP contribution < -0.4 is 0 Å². The van der Waals surface area contributed by atoms with Crippen LogP contribution in [0.4, 0.5) is 0 Å². The third-order valence-electron chi connectivity index (χ3n) is 6.21. The van der Waals surface area contributed by atoms with Gasteiger partial charge in [-0.2, -0.15) is 0 Å². The number of carbonyl (C=O) groups is 1. The lowest BCUT2D eigenvalue weighted by Gasteiger charge is -2.39.